The first kappa shape index (κ1) is 17.3. The number of methoxy groups -OCH3 is 1. The lowest BCUT2D eigenvalue weighted by Gasteiger charge is -2.13. The number of nitrogens with zero attached hydrogens (tertiary/aromatic N) is 2. The minimum absolute atomic E-state index is 0.257. The van der Waals surface area contributed by atoms with Gasteiger partial charge in [0, 0.05) is 22.7 Å². The Balaban J connectivity index is 1.71. The van der Waals surface area contributed by atoms with Crippen molar-refractivity contribution in [2.24, 2.45) is 0 Å². The van der Waals surface area contributed by atoms with Crippen molar-refractivity contribution >= 4 is 17.4 Å². The van der Waals surface area contributed by atoms with Crippen molar-refractivity contribution in [3.63, 3.8) is 0 Å². The summed E-state index contributed by atoms with van der Waals surface area (Å²) in [5, 5.41) is 9.16. The first-order valence-corrected chi connectivity index (χ1v) is 9.72. The maximum Gasteiger partial charge on any atom is 0.231 e. The van der Waals surface area contributed by atoms with E-state index in [0.29, 0.717) is 5.02 Å². The van der Waals surface area contributed by atoms with E-state index in [1.54, 1.807) is 7.11 Å². The number of anilines is 1. The molecule has 0 atom stereocenters. The van der Waals surface area contributed by atoms with Gasteiger partial charge < -0.3 is 19.5 Å². The first-order valence-electron chi connectivity index (χ1n) is 9.34. The number of benzene rings is 2. The fraction of sp³-hybridized carbons (Fsp3) is 0.286. The van der Waals surface area contributed by atoms with Crippen molar-refractivity contribution in [2.75, 3.05) is 25.8 Å². The molecule has 0 spiro atoms. The van der Waals surface area contributed by atoms with Crippen LogP contribution >= 0.6 is 11.6 Å². The average Bonchev–Trinajstić information content (AvgIpc) is 3.24. The van der Waals surface area contributed by atoms with Crippen LogP contribution in [0.3, 0.4) is 0 Å². The molecule has 144 valence electrons. The van der Waals surface area contributed by atoms with E-state index in [1.807, 2.05) is 41.1 Å². The second kappa shape index (κ2) is 6.95. The summed E-state index contributed by atoms with van der Waals surface area (Å²) < 4.78 is 18.5. The molecule has 0 unspecified atom stereocenters. The Labute approximate surface area is 168 Å². The van der Waals surface area contributed by atoms with Gasteiger partial charge in [0.1, 0.15) is 17.3 Å². The third-order valence-electron chi connectivity index (χ3n) is 5.14. The van der Waals surface area contributed by atoms with E-state index in [-0.39, 0.29) is 6.79 Å². The average molecular weight is 398 g/mol. The number of ether oxygens (including phenoxy) is 3. The Morgan fingerprint density at radius 2 is 2.00 bits per heavy atom. The van der Waals surface area contributed by atoms with Crippen molar-refractivity contribution in [3.05, 3.63) is 47.0 Å². The molecule has 1 N–H and O–H groups in total. The highest BCUT2D eigenvalue weighted by Gasteiger charge is 2.24. The number of nitrogens with one attached hydrogen (secondary N) is 1. The van der Waals surface area contributed by atoms with E-state index >= 15 is 0 Å². The van der Waals surface area contributed by atoms with Gasteiger partial charge in [-0.2, -0.15) is 5.10 Å². The first-order chi connectivity index (χ1) is 13.7. The van der Waals surface area contributed by atoms with Gasteiger partial charge in [-0.3, -0.25) is 0 Å². The third kappa shape index (κ3) is 2.85. The van der Waals surface area contributed by atoms with Gasteiger partial charge in [0.05, 0.1) is 12.8 Å². The van der Waals surface area contributed by atoms with Crippen LogP contribution in [0, 0.1) is 0 Å². The van der Waals surface area contributed by atoms with E-state index in [1.165, 1.54) is 5.56 Å². The van der Waals surface area contributed by atoms with Crippen LogP contribution in [0.2, 0.25) is 5.02 Å². The van der Waals surface area contributed by atoms with Crippen molar-refractivity contribution in [1.82, 2.24) is 9.78 Å². The Morgan fingerprint density at radius 1 is 1.11 bits per heavy atom. The van der Waals surface area contributed by atoms with E-state index < -0.39 is 0 Å². The largest absolute Gasteiger partial charge is 0.494 e. The van der Waals surface area contributed by atoms with Crippen molar-refractivity contribution in [3.8, 4) is 34.2 Å². The van der Waals surface area contributed by atoms with Gasteiger partial charge in [0.25, 0.3) is 0 Å². The Bertz CT molecular complexity index is 1050. The van der Waals surface area contributed by atoms with E-state index in [4.69, 9.17) is 30.9 Å². The smallest absolute Gasteiger partial charge is 0.231 e. The molecule has 2 aliphatic heterocycles. The summed E-state index contributed by atoms with van der Waals surface area (Å²) >= 11 is 6.28. The monoisotopic (exact) mass is 397 g/mol. The van der Waals surface area contributed by atoms with Crippen LogP contribution in [0.4, 0.5) is 5.82 Å². The summed E-state index contributed by atoms with van der Waals surface area (Å²) in [5.74, 6) is 3.23. The van der Waals surface area contributed by atoms with Crippen LogP contribution in [-0.2, 0) is 6.42 Å². The zero-order valence-corrected chi connectivity index (χ0v) is 16.3. The number of fused-ring (bicyclic) bond motifs is 2. The minimum atomic E-state index is 0.257. The van der Waals surface area contributed by atoms with Gasteiger partial charge in [-0.15, -0.1) is 0 Å². The predicted octanol–water partition coefficient (Wildman–Crippen LogP) is 4.68. The van der Waals surface area contributed by atoms with Crippen LogP contribution < -0.4 is 19.5 Å². The lowest BCUT2D eigenvalue weighted by atomic mass is 10.0. The van der Waals surface area contributed by atoms with Crippen molar-refractivity contribution in [2.45, 2.75) is 19.3 Å². The standard InChI is InChI=1S/C21H20ClN3O3/c1-26-17-8-6-14(22)11-16(17)25-21-15(4-2-3-9-23-21)20(24-25)13-5-7-18-19(10-13)28-12-27-18/h5-8,10-11,23H,2-4,9,12H2,1H3. The number of halogens is 1. The van der Waals surface area contributed by atoms with Crippen LogP contribution in [0.15, 0.2) is 36.4 Å². The van der Waals surface area contributed by atoms with Crippen LogP contribution in [0.1, 0.15) is 18.4 Å². The lowest BCUT2D eigenvalue weighted by molar-refractivity contribution is 0.174. The highest BCUT2D eigenvalue weighted by Crippen LogP contribution is 2.40. The summed E-state index contributed by atoms with van der Waals surface area (Å²) in [6.45, 7) is 1.16. The van der Waals surface area contributed by atoms with Crippen molar-refractivity contribution < 1.29 is 14.2 Å². The topological polar surface area (TPSA) is 57.5 Å². The number of hydrogen-bond acceptors (Lipinski definition) is 5. The predicted molar refractivity (Wildman–Crippen MR) is 108 cm³/mol. The molecule has 0 fully saturated rings. The molecule has 6 nitrogen and oxygen atoms in total. The van der Waals surface area contributed by atoms with Gasteiger partial charge in [0.2, 0.25) is 6.79 Å². The minimum Gasteiger partial charge on any atom is -0.494 e. The van der Waals surface area contributed by atoms with Gasteiger partial charge in [-0.1, -0.05) is 11.6 Å². The van der Waals surface area contributed by atoms with Crippen LogP contribution in [-0.4, -0.2) is 30.2 Å². The SMILES string of the molecule is COc1ccc(Cl)cc1-n1nc(-c2ccc3c(c2)OCO3)c2c1NCCCC2. The fourth-order valence-corrected chi connectivity index (χ4v) is 3.95. The Morgan fingerprint density at radius 3 is 2.89 bits per heavy atom. The second-order valence-electron chi connectivity index (χ2n) is 6.86. The number of rotatable bonds is 3. The molecule has 5 rings (SSSR count). The van der Waals surface area contributed by atoms with Crippen LogP contribution in [0.5, 0.6) is 17.2 Å². The summed E-state index contributed by atoms with van der Waals surface area (Å²) in [6, 6.07) is 11.5. The van der Waals surface area contributed by atoms with Gasteiger partial charge >= 0.3 is 0 Å². The maximum absolute atomic E-state index is 6.28. The number of aromatic nitrogens is 2. The molecular weight excluding hydrogens is 378 g/mol. The van der Waals surface area contributed by atoms with E-state index in [0.717, 1.165) is 65.8 Å². The molecule has 1 aromatic heterocycles. The molecule has 3 aromatic rings. The quantitative estimate of drug-likeness (QED) is 0.695. The molecule has 0 aliphatic carbocycles. The Hall–Kier alpha value is -2.86. The van der Waals surface area contributed by atoms with Gasteiger partial charge in [-0.25, -0.2) is 4.68 Å². The molecule has 7 heteroatoms. The molecule has 0 radical (unpaired) electrons. The maximum atomic E-state index is 6.28. The summed E-state index contributed by atoms with van der Waals surface area (Å²) in [6.07, 6.45) is 3.17. The van der Waals surface area contributed by atoms with Crippen LogP contribution in [0.25, 0.3) is 16.9 Å². The zero-order chi connectivity index (χ0) is 19.1. The molecular formula is C21H20ClN3O3. The summed E-state index contributed by atoms with van der Waals surface area (Å²) in [7, 11) is 1.65. The van der Waals surface area contributed by atoms with Gasteiger partial charge in [0.15, 0.2) is 11.5 Å². The zero-order valence-electron chi connectivity index (χ0n) is 15.5. The van der Waals surface area contributed by atoms with Gasteiger partial charge in [-0.05, 0) is 55.7 Å². The highest BCUT2D eigenvalue weighted by molar-refractivity contribution is 6.30. The molecule has 28 heavy (non-hydrogen) atoms. The highest BCUT2D eigenvalue weighted by atomic mass is 35.5. The molecule has 0 saturated carbocycles. The molecule has 3 heterocycles. The summed E-state index contributed by atoms with van der Waals surface area (Å²) in [4.78, 5) is 0. The molecule has 0 bridgehead atoms. The molecule has 2 aromatic carbocycles. The Kier molecular flexibility index (Phi) is 4.28. The summed E-state index contributed by atoms with van der Waals surface area (Å²) in [5.41, 5.74) is 3.94. The number of hydrogen-bond donors (Lipinski definition) is 1. The van der Waals surface area contributed by atoms with E-state index in [2.05, 4.69) is 5.32 Å². The lowest BCUT2D eigenvalue weighted by Crippen LogP contribution is -2.08. The molecule has 2 aliphatic rings. The van der Waals surface area contributed by atoms with Crippen molar-refractivity contribution in [1.29, 1.82) is 0 Å². The second-order valence-corrected chi connectivity index (χ2v) is 7.29. The normalized spacial score (nSPS) is 14.9. The third-order valence-corrected chi connectivity index (χ3v) is 5.38. The molecule has 0 saturated heterocycles. The van der Waals surface area contributed by atoms with E-state index in [9.17, 15) is 0 Å². The fourth-order valence-electron chi connectivity index (χ4n) is 3.78. The molecule has 0 amide bonds.